The van der Waals surface area contributed by atoms with Gasteiger partial charge in [-0.15, -0.1) is 0 Å². The van der Waals surface area contributed by atoms with Crippen LogP contribution in [0.15, 0.2) is 49.1 Å². The number of amides is 1. The molecule has 0 atom stereocenters. The number of benzene rings is 1. The molecule has 3 N–H and O–H groups in total. The minimum absolute atomic E-state index is 0.0487. The van der Waals surface area contributed by atoms with E-state index in [0.717, 1.165) is 22.1 Å². The highest BCUT2D eigenvalue weighted by Crippen LogP contribution is 2.34. The van der Waals surface area contributed by atoms with Crippen LogP contribution in [0.25, 0.3) is 10.2 Å². The first-order valence-electron chi connectivity index (χ1n) is 8.62. The highest BCUT2D eigenvalue weighted by molar-refractivity contribution is 7.22. The first-order valence-corrected chi connectivity index (χ1v) is 9.43. The molecule has 0 aliphatic heterocycles. The number of para-hydroxylation sites is 1. The van der Waals surface area contributed by atoms with Gasteiger partial charge >= 0.3 is 5.69 Å². The van der Waals surface area contributed by atoms with Crippen molar-refractivity contribution in [3.63, 3.8) is 0 Å². The topological polar surface area (TPSA) is 148 Å². The summed E-state index contributed by atoms with van der Waals surface area (Å²) < 4.78 is 0.942. The molecule has 0 aliphatic rings. The number of aromatic nitrogens is 4. The van der Waals surface area contributed by atoms with Crippen LogP contribution < -0.4 is 16.2 Å². The average molecular weight is 422 g/mol. The highest BCUT2D eigenvalue weighted by atomic mass is 32.1. The molecule has 1 amide bonds. The Morgan fingerprint density at radius 3 is 2.63 bits per heavy atom. The lowest BCUT2D eigenvalue weighted by Crippen LogP contribution is -2.30. The third kappa shape index (κ3) is 3.84. The van der Waals surface area contributed by atoms with Crippen molar-refractivity contribution in [2.75, 3.05) is 10.7 Å². The summed E-state index contributed by atoms with van der Waals surface area (Å²) in [7, 11) is 0. The molecule has 0 bridgehead atoms. The average Bonchev–Trinajstić information content (AvgIpc) is 3.16. The lowest BCUT2D eigenvalue weighted by Gasteiger charge is -2.10. The van der Waals surface area contributed by atoms with E-state index in [-0.39, 0.29) is 11.6 Å². The minimum atomic E-state index is -0.637. The van der Waals surface area contributed by atoms with Gasteiger partial charge in [0.1, 0.15) is 6.33 Å². The number of anilines is 3. The van der Waals surface area contributed by atoms with Crippen molar-refractivity contribution in [2.24, 2.45) is 0 Å². The maximum Gasteiger partial charge on any atom is 0.355 e. The molecule has 0 radical (unpaired) electrons. The van der Waals surface area contributed by atoms with Gasteiger partial charge in [-0.2, -0.15) is 0 Å². The summed E-state index contributed by atoms with van der Waals surface area (Å²) >= 11 is 1.35. The van der Waals surface area contributed by atoms with Crippen molar-refractivity contribution >= 4 is 49.9 Å². The molecule has 3 aromatic heterocycles. The number of hydrogen-bond donors (Lipinski definition) is 3. The number of rotatable bonds is 6. The largest absolute Gasteiger partial charge is 0.355 e. The van der Waals surface area contributed by atoms with Crippen molar-refractivity contribution in [1.82, 2.24) is 25.4 Å². The molecular weight excluding hydrogens is 408 g/mol. The van der Waals surface area contributed by atoms with Crippen LogP contribution in [0.5, 0.6) is 0 Å². The summed E-state index contributed by atoms with van der Waals surface area (Å²) in [6.07, 6.45) is 4.07. The molecule has 12 heteroatoms. The number of hydrogen-bond acceptors (Lipinski definition) is 10. The van der Waals surface area contributed by atoms with Crippen LogP contribution in [0.4, 0.5) is 22.5 Å². The van der Waals surface area contributed by atoms with Gasteiger partial charge in [-0.25, -0.2) is 15.0 Å². The van der Waals surface area contributed by atoms with Gasteiger partial charge in [0.15, 0.2) is 5.13 Å². The lowest BCUT2D eigenvalue weighted by molar-refractivity contribution is -0.383. The molecule has 4 rings (SSSR count). The Bertz CT molecular complexity index is 1240. The van der Waals surface area contributed by atoms with E-state index in [2.05, 4.69) is 36.1 Å². The van der Waals surface area contributed by atoms with Gasteiger partial charge in [-0.1, -0.05) is 23.5 Å². The van der Waals surface area contributed by atoms with Crippen LogP contribution in [-0.4, -0.2) is 30.8 Å². The van der Waals surface area contributed by atoms with Gasteiger partial charge in [0.05, 0.1) is 15.1 Å². The van der Waals surface area contributed by atoms with E-state index >= 15 is 0 Å². The van der Waals surface area contributed by atoms with E-state index in [1.165, 1.54) is 35.9 Å². The van der Waals surface area contributed by atoms with Crippen LogP contribution in [0.3, 0.4) is 0 Å². The minimum Gasteiger partial charge on any atom is -0.310 e. The van der Waals surface area contributed by atoms with Crippen LogP contribution in [-0.2, 0) is 0 Å². The monoisotopic (exact) mass is 422 g/mol. The fraction of sp³-hybridized carbons (Fsp3) is 0.0556. The summed E-state index contributed by atoms with van der Waals surface area (Å²) in [5, 5.41) is 15.0. The number of pyridine rings is 1. The molecule has 0 aliphatic carbocycles. The van der Waals surface area contributed by atoms with Crippen molar-refractivity contribution in [3.05, 3.63) is 70.3 Å². The number of thiazole rings is 1. The molecule has 0 unspecified atom stereocenters. The Balaban J connectivity index is 1.60. The quantitative estimate of drug-likeness (QED) is 0.314. The van der Waals surface area contributed by atoms with Crippen molar-refractivity contribution in [3.8, 4) is 0 Å². The second kappa shape index (κ2) is 8.05. The van der Waals surface area contributed by atoms with Crippen molar-refractivity contribution < 1.29 is 9.72 Å². The Hall–Kier alpha value is -4.19. The molecule has 1 aromatic carbocycles. The van der Waals surface area contributed by atoms with Gasteiger partial charge in [0.25, 0.3) is 5.91 Å². The zero-order valence-corrected chi connectivity index (χ0v) is 16.3. The number of hydrazine groups is 1. The highest BCUT2D eigenvalue weighted by Gasteiger charge is 2.24. The molecule has 4 aromatic rings. The van der Waals surface area contributed by atoms with E-state index in [1.54, 1.807) is 0 Å². The molecule has 30 heavy (non-hydrogen) atoms. The van der Waals surface area contributed by atoms with Crippen molar-refractivity contribution in [2.45, 2.75) is 6.92 Å². The number of nitro groups is 1. The molecular formula is C18H14N8O3S. The summed E-state index contributed by atoms with van der Waals surface area (Å²) in [6, 6.07) is 8.79. The van der Waals surface area contributed by atoms with E-state index in [0.29, 0.717) is 10.7 Å². The number of aryl methyl sites for hydroxylation is 1. The van der Waals surface area contributed by atoms with E-state index in [1.807, 2.05) is 25.1 Å². The molecule has 3 heterocycles. The summed E-state index contributed by atoms with van der Waals surface area (Å²) in [6.45, 7) is 1.94. The second-order valence-electron chi connectivity index (χ2n) is 6.06. The first-order chi connectivity index (χ1) is 14.5. The van der Waals surface area contributed by atoms with Crippen molar-refractivity contribution in [1.29, 1.82) is 0 Å². The predicted molar refractivity (Wildman–Crippen MR) is 112 cm³/mol. The standard InChI is InChI=1S/C18H14N8O3S/c1-10-3-2-4-12-13(10)22-18(30-12)23-15-14(26(28)29)16(21-9-20-15)24-25-17(27)11-5-7-19-8-6-11/h2-9H,1H3,(H,25,27)(H2,20,21,22,23,24). The second-order valence-corrected chi connectivity index (χ2v) is 7.09. The van der Waals surface area contributed by atoms with E-state index in [9.17, 15) is 14.9 Å². The lowest BCUT2D eigenvalue weighted by atomic mass is 10.2. The maximum absolute atomic E-state index is 12.2. The number of carbonyl (C=O) groups excluding carboxylic acids is 1. The summed E-state index contributed by atoms with van der Waals surface area (Å²) in [4.78, 5) is 39.4. The number of nitrogens with one attached hydrogen (secondary N) is 3. The fourth-order valence-corrected chi connectivity index (χ4v) is 3.61. The van der Waals surface area contributed by atoms with Crippen LogP contribution in [0.2, 0.25) is 0 Å². The Morgan fingerprint density at radius 2 is 1.90 bits per heavy atom. The molecule has 0 saturated carbocycles. The fourth-order valence-electron chi connectivity index (χ4n) is 2.67. The third-order valence-corrected chi connectivity index (χ3v) is 5.02. The normalized spacial score (nSPS) is 10.6. The molecule has 0 saturated heterocycles. The maximum atomic E-state index is 12.2. The van der Waals surface area contributed by atoms with Gasteiger partial charge in [0, 0.05) is 18.0 Å². The van der Waals surface area contributed by atoms with Gasteiger partial charge < -0.3 is 5.32 Å². The molecule has 11 nitrogen and oxygen atoms in total. The zero-order valence-electron chi connectivity index (χ0n) is 15.5. The zero-order chi connectivity index (χ0) is 21.1. The third-order valence-electron chi connectivity index (χ3n) is 4.09. The van der Waals surface area contributed by atoms with Crippen LogP contribution in [0.1, 0.15) is 15.9 Å². The first kappa shape index (κ1) is 19.1. The molecule has 0 spiro atoms. The predicted octanol–water partition coefficient (Wildman–Crippen LogP) is 3.20. The SMILES string of the molecule is Cc1cccc2sc(Nc3ncnc(NNC(=O)c4ccncc4)c3[N+](=O)[O-])nc12. The summed E-state index contributed by atoms with van der Waals surface area (Å²) in [5.74, 6) is -0.717. The van der Waals surface area contributed by atoms with E-state index in [4.69, 9.17) is 0 Å². The van der Waals surface area contributed by atoms with E-state index < -0.39 is 16.5 Å². The number of fused-ring (bicyclic) bond motifs is 1. The Labute approximate surface area is 173 Å². The molecule has 0 fully saturated rings. The molecule has 150 valence electrons. The Kier molecular flexibility index (Phi) is 5.13. The van der Waals surface area contributed by atoms with Crippen LogP contribution in [0, 0.1) is 17.0 Å². The van der Waals surface area contributed by atoms with Gasteiger partial charge in [-0.3, -0.25) is 30.7 Å². The van der Waals surface area contributed by atoms with Gasteiger partial charge in [-0.05, 0) is 30.7 Å². The number of carbonyl (C=O) groups is 1. The Morgan fingerprint density at radius 1 is 1.13 bits per heavy atom. The van der Waals surface area contributed by atoms with Gasteiger partial charge in [0.2, 0.25) is 11.6 Å². The van der Waals surface area contributed by atoms with Crippen LogP contribution >= 0.6 is 11.3 Å². The number of nitrogens with zero attached hydrogens (tertiary/aromatic N) is 5. The smallest absolute Gasteiger partial charge is 0.310 e. The summed E-state index contributed by atoms with van der Waals surface area (Å²) in [5.41, 5.74) is 6.57.